The van der Waals surface area contributed by atoms with Crippen molar-refractivity contribution in [1.29, 1.82) is 0 Å². The minimum atomic E-state index is 0.338. The molecule has 2 aromatic rings. The van der Waals surface area contributed by atoms with Gasteiger partial charge in [-0.15, -0.1) is 0 Å². The van der Waals surface area contributed by atoms with Crippen LogP contribution in [-0.4, -0.2) is 28.6 Å². The molecule has 1 aliphatic carbocycles. The Morgan fingerprint density at radius 3 is 2.76 bits per heavy atom. The Bertz CT molecular complexity index is 625. The number of hydrogen-bond donors (Lipinski definition) is 1. The van der Waals surface area contributed by atoms with Crippen LogP contribution in [0.5, 0.6) is 6.01 Å². The number of benzene rings is 1. The molecule has 1 N–H and O–H groups in total. The first-order valence-electron chi connectivity index (χ1n) is 7.44. The van der Waals surface area contributed by atoms with Crippen LogP contribution in [0, 0.1) is 0 Å². The number of aromatic nitrogens is 3. The molecule has 0 aliphatic heterocycles. The van der Waals surface area contributed by atoms with Gasteiger partial charge in [0.2, 0.25) is 5.95 Å². The maximum absolute atomic E-state index is 5.17. The highest BCUT2D eigenvalue weighted by Crippen LogP contribution is 2.37. The molecular weight excluding hydrogens is 264 g/mol. The number of nitrogens with one attached hydrogen (secondary N) is 1. The first-order valence-corrected chi connectivity index (χ1v) is 7.44. The molecule has 1 aromatic heterocycles. The first-order chi connectivity index (χ1) is 10.3. The zero-order valence-corrected chi connectivity index (χ0v) is 12.5. The quantitative estimate of drug-likeness (QED) is 0.913. The number of hydrogen-bond acceptors (Lipinski definition) is 5. The van der Waals surface area contributed by atoms with Crippen LogP contribution < -0.4 is 10.1 Å². The minimum absolute atomic E-state index is 0.338. The van der Waals surface area contributed by atoms with E-state index >= 15 is 0 Å². The SMILES string of the molecule is CCNc1nc(OC)nc(-c2cccc(C3CCC3)c2)n1. The average molecular weight is 284 g/mol. The molecule has 5 heteroatoms. The van der Waals surface area contributed by atoms with E-state index in [1.165, 1.54) is 24.8 Å². The van der Waals surface area contributed by atoms with Crippen LogP contribution in [0.2, 0.25) is 0 Å². The first kappa shape index (κ1) is 13.8. The molecule has 1 aromatic carbocycles. The van der Waals surface area contributed by atoms with Crippen molar-refractivity contribution in [1.82, 2.24) is 15.0 Å². The summed E-state index contributed by atoms with van der Waals surface area (Å²) in [5.74, 6) is 1.90. The van der Waals surface area contributed by atoms with E-state index in [-0.39, 0.29) is 0 Å². The van der Waals surface area contributed by atoms with E-state index in [0.717, 1.165) is 12.1 Å². The zero-order valence-electron chi connectivity index (χ0n) is 12.5. The smallest absolute Gasteiger partial charge is 0.321 e. The maximum atomic E-state index is 5.17. The van der Waals surface area contributed by atoms with Gasteiger partial charge in [-0.1, -0.05) is 24.6 Å². The fourth-order valence-corrected chi connectivity index (χ4v) is 2.49. The molecule has 1 heterocycles. The van der Waals surface area contributed by atoms with E-state index in [0.29, 0.717) is 23.7 Å². The van der Waals surface area contributed by atoms with Gasteiger partial charge in [0, 0.05) is 12.1 Å². The molecule has 1 aliphatic rings. The van der Waals surface area contributed by atoms with Crippen molar-refractivity contribution in [2.24, 2.45) is 0 Å². The summed E-state index contributed by atoms with van der Waals surface area (Å²) in [6, 6.07) is 8.83. The number of methoxy groups -OCH3 is 1. The Labute approximate surface area is 124 Å². The van der Waals surface area contributed by atoms with Crippen LogP contribution in [0.1, 0.15) is 37.7 Å². The van der Waals surface area contributed by atoms with Crippen molar-refractivity contribution in [3.63, 3.8) is 0 Å². The predicted molar refractivity (Wildman–Crippen MR) is 82.6 cm³/mol. The van der Waals surface area contributed by atoms with Crippen molar-refractivity contribution in [2.75, 3.05) is 19.0 Å². The lowest BCUT2D eigenvalue weighted by atomic mass is 9.80. The highest BCUT2D eigenvalue weighted by atomic mass is 16.5. The van der Waals surface area contributed by atoms with Crippen LogP contribution in [0.15, 0.2) is 24.3 Å². The molecule has 3 rings (SSSR count). The lowest BCUT2D eigenvalue weighted by Crippen LogP contribution is -2.09. The molecule has 5 nitrogen and oxygen atoms in total. The monoisotopic (exact) mass is 284 g/mol. The van der Waals surface area contributed by atoms with E-state index in [1.54, 1.807) is 7.11 Å². The number of nitrogens with zero attached hydrogens (tertiary/aromatic N) is 3. The third kappa shape index (κ3) is 2.96. The van der Waals surface area contributed by atoms with E-state index in [9.17, 15) is 0 Å². The fraction of sp³-hybridized carbons (Fsp3) is 0.438. The van der Waals surface area contributed by atoms with Gasteiger partial charge in [-0.2, -0.15) is 15.0 Å². The van der Waals surface area contributed by atoms with E-state index in [2.05, 4.69) is 38.5 Å². The lowest BCUT2D eigenvalue weighted by molar-refractivity contribution is 0.379. The molecule has 0 saturated heterocycles. The van der Waals surface area contributed by atoms with Crippen LogP contribution in [0.25, 0.3) is 11.4 Å². The summed E-state index contributed by atoms with van der Waals surface area (Å²) in [4.78, 5) is 13.0. The van der Waals surface area contributed by atoms with Crippen LogP contribution in [-0.2, 0) is 0 Å². The van der Waals surface area contributed by atoms with Crippen molar-refractivity contribution in [2.45, 2.75) is 32.1 Å². The number of ether oxygens (including phenoxy) is 1. The van der Waals surface area contributed by atoms with Crippen LogP contribution in [0.3, 0.4) is 0 Å². The molecule has 1 saturated carbocycles. The van der Waals surface area contributed by atoms with Gasteiger partial charge in [-0.3, -0.25) is 0 Å². The summed E-state index contributed by atoms with van der Waals surface area (Å²) in [5.41, 5.74) is 2.39. The summed E-state index contributed by atoms with van der Waals surface area (Å²) in [6.07, 6.45) is 3.90. The van der Waals surface area contributed by atoms with Gasteiger partial charge in [-0.25, -0.2) is 0 Å². The van der Waals surface area contributed by atoms with Crippen LogP contribution >= 0.6 is 0 Å². The lowest BCUT2D eigenvalue weighted by Gasteiger charge is -2.26. The molecule has 0 atom stereocenters. The third-order valence-corrected chi connectivity index (χ3v) is 3.85. The minimum Gasteiger partial charge on any atom is -0.467 e. The molecule has 0 spiro atoms. The van der Waals surface area contributed by atoms with E-state index < -0.39 is 0 Å². The van der Waals surface area contributed by atoms with Crippen LogP contribution in [0.4, 0.5) is 5.95 Å². The fourth-order valence-electron chi connectivity index (χ4n) is 2.49. The van der Waals surface area contributed by atoms with Crippen molar-refractivity contribution < 1.29 is 4.74 Å². The average Bonchev–Trinajstić information content (AvgIpc) is 2.46. The topological polar surface area (TPSA) is 59.9 Å². The summed E-state index contributed by atoms with van der Waals surface area (Å²) in [7, 11) is 1.57. The summed E-state index contributed by atoms with van der Waals surface area (Å²) < 4.78 is 5.17. The van der Waals surface area contributed by atoms with Gasteiger partial charge in [0.1, 0.15) is 0 Å². The largest absolute Gasteiger partial charge is 0.467 e. The maximum Gasteiger partial charge on any atom is 0.321 e. The Morgan fingerprint density at radius 2 is 2.10 bits per heavy atom. The summed E-state index contributed by atoms with van der Waals surface area (Å²) in [5, 5.41) is 3.11. The number of anilines is 1. The Morgan fingerprint density at radius 1 is 1.24 bits per heavy atom. The summed E-state index contributed by atoms with van der Waals surface area (Å²) in [6.45, 7) is 2.77. The highest BCUT2D eigenvalue weighted by molar-refractivity contribution is 5.58. The molecule has 0 bridgehead atoms. The van der Waals surface area contributed by atoms with Gasteiger partial charge in [0.25, 0.3) is 0 Å². The zero-order chi connectivity index (χ0) is 14.7. The van der Waals surface area contributed by atoms with E-state index in [1.807, 2.05) is 13.0 Å². The van der Waals surface area contributed by atoms with Crippen molar-refractivity contribution in [3.8, 4) is 17.4 Å². The Balaban J connectivity index is 1.96. The number of rotatable bonds is 5. The van der Waals surface area contributed by atoms with Gasteiger partial charge in [-0.05, 0) is 37.3 Å². The van der Waals surface area contributed by atoms with Gasteiger partial charge in [0.05, 0.1) is 7.11 Å². The van der Waals surface area contributed by atoms with Gasteiger partial charge < -0.3 is 10.1 Å². The second-order valence-corrected chi connectivity index (χ2v) is 5.25. The molecular formula is C16H20N4O. The molecule has 110 valence electrons. The third-order valence-electron chi connectivity index (χ3n) is 3.85. The standard InChI is InChI=1S/C16H20N4O/c1-3-17-15-18-14(19-16(20-15)21-2)13-9-5-8-12(10-13)11-6-4-7-11/h5,8-11H,3-4,6-7H2,1-2H3,(H,17,18,19,20). The second-order valence-electron chi connectivity index (χ2n) is 5.25. The highest BCUT2D eigenvalue weighted by Gasteiger charge is 2.20. The van der Waals surface area contributed by atoms with Gasteiger partial charge in [0.15, 0.2) is 5.82 Å². The normalized spacial score (nSPS) is 14.6. The molecule has 21 heavy (non-hydrogen) atoms. The van der Waals surface area contributed by atoms with Gasteiger partial charge >= 0.3 is 6.01 Å². The molecule has 0 unspecified atom stereocenters. The summed E-state index contributed by atoms with van der Waals surface area (Å²) >= 11 is 0. The molecule has 0 amide bonds. The molecule has 1 fully saturated rings. The molecule has 0 radical (unpaired) electrons. The predicted octanol–water partition coefficient (Wildman–Crippen LogP) is 3.25. The van der Waals surface area contributed by atoms with Crippen molar-refractivity contribution >= 4 is 5.95 Å². The Hall–Kier alpha value is -2.17. The van der Waals surface area contributed by atoms with E-state index in [4.69, 9.17) is 4.74 Å². The Kier molecular flexibility index (Phi) is 3.99. The second kappa shape index (κ2) is 6.08. The van der Waals surface area contributed by atoms with Crippen molar-refractivity contribution in [3.05, 3.63) is 29.8 Å².